The van der Waals surface area contributed by atoms with Crippen molar-refractivity contribution in [1.29, 1.82) is 0 Å². The largest absolute Gasteiger partial charge is 0.534 e. The molecule has 0 radical (unpaired) electrons. The van der Waals surface area contributed by atoms with Crippen LogP contribution in [0.5, 0.6) is 5.75 Å². The number of anilines is 1. The third-order valence-corrected chi connectivity index (χ3v) is 5.70. The number of alkyl halides is 3. The van der Waals surface area contributed by atoms with Crippen molar-refractivity contribution < 1.29 is 25.8 Å². The van der Waals surface area contributed by atoms with E-state index in [-0.39, 0.29) is 17.7 Å². The van der Waals surface area contributed by atoms with Crippen molar-refractivity contribution in [2.75, 3.05) is 5.32 Å². The summed E-state index contributed by atoms with van der Waals surface area (Å²) in [7, 11) is -5.69. The highest BCUT2D eigenvalue weighted by Crippen LogP contribution is 2.49. The van der Waals surface area contributed by atoms with Crippen LogP contribution in [0.4, 0.5) is 18.9 Å². The van der Waals surface area contributed by atoms with E-state index in [1.54, 1.807) is 6.92 Å². The number of halogens is 3. The van der Waals surface area contributed by atoms with Gasteiger partial charge in [-0.05, 0) is 47.7 Å². The molecule has 1 heterocycles. The van der Waals surface area contributed by atoms with Crippen LogP contribution < -0.4 is 9.50 Å². The number of rotatable bonds is 2. The molecule has 8 heteroatoms. The monoisotopic (exact) mass is 369 g/mol. The molecule has 132 valence electrons. The van der Waals surface area contributed by atoms with E-state index in [1.807, 2.05) is 24.3 Å². The van der Waals surface area contributed by atoms with Crippen LogP contribution in [-0.2, 0) is 16.5 Å². The lowest BCUT2D eigenvalue weighted by Gasteiger charge is -2.14. The summed E-state index contributed by atoms with van der Waals surface area (Å²) in [4.78, 5) is 0. The topological polar surface area (TPSA) is 55.4 Å². The maximum Gasteiger partial charge on any atom is 0.534 e. The van der Waals surface area contributed by atoms with Gasteiger partial charge in [0.1, 0.15) is 5.75 Å². The second kappa shape index (κ2) is 5.14. The van der Waals surface area contributed by atoms with E-state index >= 15 is 0 Å². The van der Waals surface area contributed by atoms with Crippen molar-refractivity contribution in [3.8, 4) is 5.75 Å². The van der Waals surface area contributed by atoms with Gasteiger partial charge in [-0.1, -0.05) is 24.3 Å². The summed E-state index contributed by atoms with van der Waals surface area (Å²) in [6.07, 6.45) is 0.812. The third kappa shape index (κ3) is 2.47. The molecule has 2 aliphatic rings. The Morgan fingerprint density at radius 1 is 1.16 bits per heavy atom. The predicted molar refractivity (Wildman–Crippen MR) is 86.2 cm³/mol. The van der Waals surface area contributed by atoms with Crippen LogP contribution in [0.3, 0.4) is 0 Å². The molecule has 0 saturated carbocycles. The molecule has 4 rings (SSSR count). The van der Waals surface area contributed by atoms with Crippen LogP contribution >= 0.6 is 0 Å². The Morgan fingerprint density at radius 3 is 2.60 bits per heavy atom. The highest BCUT2D eigenvalue weighted by atomic mass is 32.2. The minimum absolute atomic E-state index is 0.0259. The maximum atomic E-state index is 12.6. The van der Waals surface area contributed by atoms with Crippen molar-refractivity contribution in [1.82, 2.24) is 0 Å². The first-order valence-corrected chi connectivity index (χ1v) is 9.08. The molecule has 0 unspecified atom stereocenters. The minimum Gasteiger partial charge on any atom is -0.381 e. The van der Waals surface area contributed by atoms with Crippen molar-refractivity contribution in [3.63, 3.8) is 0 Å². The van der Waals surface area contributed by atoms with Crippen LogP contribution in [-0.4, -0.2) is 20.0 Å². The van der Waals surface area contributed by atoms with E-state index in [1.165, 1.54) is 17.7 Å². The zero-order chi connectivity index (χ0) is 18.0. The molecule has 1 aliphatic carbocycles. The predicted octanol–water partition coefficient (Wildman–Crippen LogP) is 3.71. The van der Waals surface area contributed by atoms with Crippen LogP contribution in [0.15, 0.2) is 36.4 Å². The van der Waals surface area contributed by atoms with E-state index < -0.39 is 15.6 Å². The number of hydrogen-bond acceptors (Lipinski definition) is 4. The summed E-state index contributed by atoms with van der Waals surface area (Å²) in [6, 6.07) is 10.7. The lowest BCUT2D eigenvalue weighted by molar-refractivity contribution is -0.0500. The average molecular weight is 369 g/mol. The molecule has 0 bridgehead atoms. The van der Waals surface area contributed by atoms with Crippen LogP contribution in [0.25, 0.3) is 0 Å². The molecule has 25 heavy (non-hydrogen) atoms. The summed E-state index contributed by atoms with van der Waals surface area (Å²) in [5.41, 5.74) is -0.919. The summed E-state index contributed by atoms with van der Waals surface area (Å²) >= 11 is 0. The van der Waals surface area contributed by atoms with E-state index in [0.29, 0.717) is 5.56 Å². The van der Waals surface area contributed by atoms with E-state index in [0.717, 1.165) is 23.2 Å². The van der Waals surface area contributed by atoms with Gasteiger partial charge < -0.3 is 9.50 Å². The lowest BCUT2D eigenvalue weighted by Crippen LogP contribution is -2.28. The van der Waals surface area contributed by atoms with Gasteiger partial charge in [0, 0.05) is 17.6 Å². The van der Waals surface area contributed by atoms with Crippen molar-refractivity contribution in [2.24, 2.45) is 0 Å². The van der Waals surface area contributed by atoms with Gasteiger partial charge in [0.25, 0.3) is 0 Å². The van der Waals surface area contributed by atoms with Gasteiger partial charge in [-0.15, -0.1) is 0 Å². The Bertz CT molecular complexity index is 970. The van der Waals surface area contributed by atoms with Gasteiger partial charge >= 0.3 is 15.6 Å². The second-order valence-electron chi connectivity index (χ2n) is 6.32. The molecule has 1 aliphatic heterocycles. The molecule has 2 aromatic rings. The highest BCUT2D eigenvalue weighted by molar-refractivity contribution is 7.88. The quantitative estimate of drug-likeness (QED) is 0.648. The van der Waals surface area contributed by atoms with Crippen molar-refractivity contribution >= 4 is 15.8 Å². The van der Waals surface area contributed by atoms with Gasteiger partial charge in [-0.3, -0.25) is 0 Å². The highest BCUT2D eigenvalue weighted by Gasteiger charge is 2.49. The van der Waals surface area contributed by atoms with Crippen LogP contribution in [0.2, 0.25) is 0 Å². The summed E-state index contributed by atoms with van der Waals surface area (Å²) in [5, 5.41) is 3.40. The van der Waals surface area contributed by atoms with Crippen molar-refractivity contribution in [3.05, 3.63) is 58.7 Å². The molecule has 0 spiro atoms. The molecule has 4 nitrogen and oxygen atoms in total. The molecule has 0 aromatic heterocycles. The minimum atomic E-state index is -5.69. The average Bonchev–Trinajstić information content (AvgIpc) is 3.02. The molecule has 2 atom stereocenters. The van der Waals surface area contributed by atoms with Gasteiger partial charge in [0.05, 0.1) is 0 Å². The molecular weight excluding hydrogens is 355 g/mol. The Kier molecular flexibility index (Phi) is 3.34. The fourth-order valence-corrected chi connectivity index (χ4v) is 4.19. The number of nitrogens with one attached hydrogen (secondary N) is 1. The molecule has 0 saturated heterocycles. The number of hydrogen-bond donors (Lipinski definition) is 1. The lowest BCUT2D eigenvalue weighted by atomic mass is 9.92. The zero-order valence-electron chi connectivity index (χ0n) is 13.1. The van der Waals surface area contributed by atoms with Crippen molar-refractivity contribution in [2.45, 2.75) is 30.8 Å². The van der Waals surface area contributed by atoms with E-state index in [9.17, 15) is 21.6 Å². The summed E-state index contributed by atoms with van der Waals surface area (Å²) in [5.74, 6) is -0.345. The molecule has 1 N–H and O–H groups in total. The fraction of sp³-hybridized carbons (Fsp3) is 0.294. The number of benzene rings is 2. The smallest absolute Gasteiger partial charge is 0.381 e. The Labute approximate surface area is 142 Å². The van der Waals surface area contributed by atoms with Gasteiger partial charge in [-0.25, -0.2) is 0 Å². The Hall–Kier alpha value is -2.22. The maximum absolute atomic E-state index is 12.6. The SMILES string of the molecule is Cc1cc(OS(=O)(=O)C(F)(F)F)cc2c1N[C@@H]1Cc3ccccc3[C@H]21. The zero-order valence-corrected chi connectivity index (χ0v) is 13.9. The second-order valence-corrected chi connectivity index (χ2v) is 7.86. The fourth-order valence-electron chi connectivity index (χ4n) is 3.74. The van der Waals surface area contributed by atoms with Gasteiger partial charge in [0.15, 0.2) is 0 Å². The first-order valence-electron chi connectivity index (χ1n) is 7.67. The van der Waals surface area contributed by atoms with Crippen LogP contribution in [0.1, 0.15) is 28.2 Å². The third-order valence-electron chi connectivity index (χ3n) is 4.73. The summed E-state index contributed by atoms with van der Waals surface area (Å²) < 4.78 is 64.7. The Balaban J connectivity index is 1.77. The first kappa shape index (κ1) is 16.3. The molecule has 0 fully saturated rings. The standard InChI is InChI=1S/C17H14F3NO3S/c1-9-6-11(24-25(22,23)17(18,19)20)8-13-15-12-5-3-2-4-10(12)7-14(15)21-16(9)13/h2-6,8,14-15,21H,7H2,1H3/t14-,15-/m1/s1. The van der Waals surface area contributed by atoms with Gasteiger partial charge in [0.2, 0.25) is 0 Å². The molecule has 0 amide bonds. The van der Waals surface area contributed by atoms with E-state index in [2.05, 4.69) is 9.50 Å². The first-order chi connectivity index (χ1) is 11.7. The Morgan fingerprint density at radius 2 is 1.88 bits per heavy atom. The normalized spacial score (nSPS) is 21.3. The number of fused-ring (bicyclic) bond motifs is 5. The number of aryl methyl sites for hydroxylation is 1. The molecular formula is C17H14F3NO3S. The van der Waals surface area contributed by atoms with E-state index in [4.69, 9.17) is 0 Å². The van der Waals surface area contributed by atoms with Gasteiger partial charge in [-0.2, -0.15) is 21.6 Å². The summed E-state index contributed by atoms with van der Waals surface area (Å²) in [6.45, 7) is 1.71. The van der Waals surface area contributed by atoms with Crippen LogP contribution in [0, 0.1) is 6.92 Å². The molecule has 2 aromatic carbocycles.